The van der Waals surface area contributed by atoms with Gasteiger partial charge in [0.15, 0.2) is 0 Å². The van der Waals surface area contributed by atoms with Gasteiger partial charge in [0.1, 0.15) is 11.3 Å². The second kappa shape index (κ2) is 8.27. The van der Waals surface area contributed by atoms with Crippen molar-refractivity contribution in [2.75, 3.05) is 21.1 Å². The number of hydrogen-bond donors (Lipinski definition) is 1. The monoisotopic (exact) mass is 365 g/mol. The molecule has 0 saturated carbocycles. The number of carbonyl (C=O) groups is 1. The number of hydrogen-bond acceptors (Lipinski definition) is 3. The van der Waals surface area contributed by atoms with Crippen LogP contribution in [0, 0.1) is 0 Å². The Morgan fingerprint density at radius 3 is 2.37 bits per heavy atom. The molecule has 1 heterocycles. The van der Waals surface area contributed by atoms with Crippen LogP contribution in [0.3, 0.4) is 0 Å². The molecular weight excluding hydrogens is 338 g/mol. The average molecular weight is 365 g/mol. The van der Waals surface area contributed by atoms with Crippen LogP contribution in [-0.4, -0.2) is 37.0 Å². The van der Waals surface area contributed by atoms with Gasteiger partial charge in [-0.05, 0) is 44.3 Å². The summed E-state index contributed by atoms with van der Waals surface area (Å²) < 4.78 is 5.88. The average Bonchev–Trinajstić information content (AvgIpc) is 3.09. The molecule has 1 unspecified atom stereocenters. The number of furan rings is 1. The summed E-state index contributed by atoms with van der Waals surface area (Å²) in [5.41, 5.74) is 3.17. The van der Waals surface area contributed by atoms with Gasteiger partial charge in [0.05, 0.1) is 6.04 Å². The molecule has 0 aliphatic heterocycles. The lowest BCUT2D eigenvalue weighted by molar-refractivity contribution is 0.187. The van der Waals surface area contributed by atoms with Crippen molar-refractivity contribution in [2.45, 2.75) is 26.1 Å². The molecule has 0 bridgehead atoms. The molecule has 0 fully saturated rings. The Labute approximate surface area is 160 Å². The zero-order valence-electron chi connectivity index (χ0n) is 16.4. The van der Waals surface area contributed by atoms with Crippen LogP contribution < -0.4 is 5.32 Å². The maximum Gasteiger partial charge on any atom is 0.318 e. The molecule has 142 valence electrons. The van der Waals surface area contributed by atoms with Crippen LogP contribution in [0.25, 0.3) is 11.0 Å². The van der Waals surface area contributed by atoms with E-state index in [9.17, 15) is 4.79 Å². The Bertz CT molecular complexity index is 866. The Balaban J connectivity index is 1.58. The number of rotatable bonds is 6. The van der Waals surface area contributed by atoms with E-state index in [1.165, 1.54) is 5.56 Å². The van der Waals surface area contributed by atoms with Crippen molar-refractivity contribution in [3.8, 4) is 0 Å². The van der Waals surface area contributed by atoms with Gasteiger partial charge in [-0.25, -0.2) is 4.79 Å². The van der Waals surface area contributed by atoms with E-state index in [0.717, 1.165) is 28.8 Å². The number of nitrogens with zero attached hydrogens (tertiary/aromatic N) is 2. The predicted octanol–water partition coefficient (Wildman–Crippen LogP) is 4.40. The molecule has 0 radical (unpaired) electrons. The first-order chi connectivity index (χ1) is 12.9. The number of fused-ring (bicyclic) bond motifs is 1. The lowest BCUT2D eigenvalue weighted by Gasteiger charge is -2.23. The summed E-state index contributed by atoms with van der Waals surface area (Å²) in [7, 11) is 5.88. The van der Waals surface area contributed by atoms with Crippen molar-refractivity contribution < 1.29 is 9.21 Å². The first kappa shape index (κ1) is 19.0. The first-order valence-electron chi connectivity index (χ1n) is 9.15. The molecule has 1 N–H and O–H groups in total. The maximum atomic E-state index is 12.5. The SMILES string of the molecule is CC(c1cc2ccccc2o1)N(C)C(=O)NCc1ccc(CN(C)C)cc1. The number of nitrogens with one attached hydrogen (secondary N) is 1. The molecule has 0 spiro atoms. The van der Waals surface area contributed by atoms with Gasteiger partial charge in [-0.2, -0.15) is 0 Å². The van der Waals surface area contributed by atoms with Gasteiger partial charge >= 0.3 is 6.03 Å². The third-order valence-electron chi connectivity index (χ3n) is 4.72. The minimum absolute atomic E-state index is 0.125. The molecule has 0 aliphatic carbocycles. The Morgan fingerprint density at radius 2 is 1.70 bits per heavy atom. The molecule has 27 heavy (non-hydrogen) atoms. The maximum absolute atomic E-state index is 12.5. The largest absolute Gasteiger partial charge is 0.459 e. The first-order valence-corrected chi connectivity index (χ1v) is 9.15. The molecule has 5 nitrogen and oxygen atoms in total. The second-order valence-corrected chi connectivity index (χ2v) is 7.19. The van der Waals surface area contributed by atoms with Crippen molar-refractivity contribution >= 4 is 17.0 Å². The zero-order valence-corrected chi connectivity index (χ0v) is 16.4. The van der Waals surface area contributed by atoms with Crippen LogP contribution in [-0.2, 0) is 13.1 Å². The van der Waals surface area contributed by atoms with Crippen LogP contribution in [0.2, 0.25) is 0 Å². The highest BCUT2D eigenvalue weighted by Crippen LogP contribution is 2.26. The van der Waals surface area contributed by atoms with Crippen molar-refractivity contribution in [1.29, 1.82) is 0 Å². The van der Waals surface area contributed by atoms with E-state index >= 15 is 0 Å². The molecule has 3 aromatic rings. The van der Waals surface area contributed by atoms with Crippen LogP contribution in [0.5, 0.6) is 0 Å². The van der Waals surface area contributed by atoms with E-state index in [1.807, 2.05) is 51.4 Å². The van der Waals surface area contributed by atoms with Gasteiger partial charge in [-0.3, -0.25) is 0 Å². The molecule has 2 amide bonds. The minimum atomic E-state index is -0.153. The van der Waals surface area contributed by atoms with Gasteiger partial charge in [0, 0.05) is 25.5 Å². The van der Waals surface area contributed by atoms with Crippen LogP contribution in [0.15, 0.2) is 59.0 Å². The van der Waals surface area contributed by atoms with Gasteiger partial charge in [-0.1, -0.05) is 42.5 Å². The van der Waals surface area contributed by atoms with Crippen LogP contribution >= 0.6 is 0 Å². The fourth-order valence-corrected chi connectivity index (χ4v) is 3.01. The summed E-state index contributed by atoms with van der Waals surface area (Å²) in [5, 5.41) is 4.03. The van der Waals surface area contributed by atoms with Gasteiger partial charge in [0.25, 0.3) is 0 Å². The smallest absolute Gasteiger partial charge is 0.318 e. The topological polar surface area (TPSA) is 48.7 Å². The third-order valence-corrected chi connectivity index (χ3v) is 4.72. The summed E-state index contributed by atoms with van der Waals surface area (Å²) in [6.45, 7) is 3.37. The second-order valence-electron chi connectivity index (χ2n) is 7.19. The standard InChI is InChI=1S/C22H27N3O2/c1-16(21-13-19-7-5-6-8-20(19)27-21)25(4)22(26)23-14-17-9-11-18(12-10-17)15-24(2)3/h5-13,16H,14-15H2,1-4H3,(H,23,26). The quantitative estimate of drug-likeness (QED) is 0.704. The molecule has 1 aromatic heterocycles. The Morgan fingerprint density at radius 1 is 1.04 bits per heavy atom. The van der Waals surface area contributed by atoms with E-state index in [4.69, 9.17) is 4.42 Å². The molecule has 0 aliphatic rings. The zero-order chi connectivity index (χ0) is 19.4. The fraction of sp³-hybridized carbons (Fsp3) is 0.318. The molecule has 5 heteroatoms. The summed E-state index contributed by atoms with van der Waals surface area (Å²) >= 11 is 0. The molecule has 2 aromatic carbocycles. The lowest BCUT2D eigenvalue weighted by atomic mass is 10.1. The Hall–Kier alpha value is -2.79. The summed E-state index contributed by atoms with van der Waals surface area (Å²) in [6.07, 6.45) is 0. The van der Waals surface area contributed by atoms with Crippen molar-refractivity contribution in [1.82, 2.24) is 15.1 Å². The summed E-state index contributed by atoms with van der Waals surface area (Å²) in [6, 6.07) is 17.9. The van der Waals surface area contributed by atoms with Gasteiger partial charge in [0.2, 0.25) is 0 Å². The molecule has 0 saturated heterocycles. The third kappa shape index (κ3) is 4.68. The highest BCUT2D eigenvalue weighted by atomic mass is 16.3. The minimum Gasteiger partial charge on any atom is -0.459 e. The number of amides is 2. The van der Waals surface area contributed by atoms with E-state index in [-0.39, 0.29) is 12.1 Å². The van der Waals surface area contributed by atoms with E-state index in [0.29, 0.717) is 6.54 Å². The van der Waals surface area contributed by atoms with Crippen molar-refractivity contribution in [3.63, 3.8) is 0 Å². The van der Waals surface area contributed by atoms with Gasteiger partial charge in [-0.15, -0.1) is 0 Å². The predicted molar refractivity (Wildman–Crippen MR) is 108 cm³/mol. The van der Waals surface area contributed by atoms with Crippen molar-refractivity contribution in [2.24, 2.45) is 0 Å². The van der Waals surface area contributed by atoms with Crippen LogP contribution in [0.1, 0.15) is 29.9 Å². The highest BCUT2D eigenvalue weighted by molar-refractivity contribution is 5.78. The van der Waals surface area contributed by atoms with E-state index in [1.54, 1.807) is 11.9 Å². The highest BCUT2D eigenvalue weighted by Gasteiger charge is 2.20. The fourth-order valence-electron chi connectivity index (χ4n) is 3.01. The number of benzene rings is 2. The van der Waals surface area contributed by atoms with E-state index < -0.39 is 0 Å². The summed E-state index contributed by atoms with van der Waals surface area (Å²) in [4.78, 5) is 16.3. The molecule has 1 atom stereocenters. The Kier molecular flexibility index (Phi) is 5.81. The van der Waals surface area contributed by atoms with E-state index in [2.05, 4.69) is 34.5 Å². The van der Waals surface area contributed by atoms with Gasteiger partial charge < -0.3 is 19.5 Å². The lowest BCUT2D eigenvalue weighted by Crippen LogP contribution is -2.38. The number of para-hydroxylation sites is 1. The van der Waals surface area contributed by atoms with Crippen LogP contribution in [0.4, 0.5) is 4.79 Å². The van der Waals surface area contributed by atoms with Crippen molar-refractivity contribution in [3.05, 3.63) is 71.5 Å². The molecule has 3 rings (SSSR count). The normalized spacial score (nSPS) is 12.3. The summed E-state index contributed by atoms with van der Waals surface area (Å²) in [5.74, 6) is 0.780. The number of urea groups is 1. The molecular formula is C22H27N3O2. The number of carbonyl (C=O) groups excluding carboxylic acids is 1.